The van der Waals surface area contributed by atoms with Crippen molar-refractivity contribution in [2.45, 2.75) is 19.4 Å². The van der Waals surface area contributed by atoms with E-state index in [-0.39, 0.29) is 6.23 Å². The number of hydrogen-bond donors (Lipinski definition) is 0. The lowest BCUT2D eigenvalue weighted by atomic mass is 10.6. The maximum atomic E-state index is 10.9. The van der Waals surface area contributed by atoms with Crippen molar-refractivity contribution in [3.8, 4) is 0 Å². The third kappa shape index (κ3) is 4.04. The van der Waals surface area contributed by atoms with Crippen LogP contribution in [0.25, 0.3) is 0 Å². The second-order valence-electron chi connectivity index (χ2n) is 2.88. The summed E-state index contributed by atoms with van der Waals surface area (Å²) < 4.78 is 15.6. The van der Waals surface area contributed by atoms with E-state index >= 15 is 0 Å². The topological polar surface area (TPSA) is 44.8 Å². The first-order valence-electron chi connectivity index (χ1n) is 4.53. The summed E-state index contributed by atoms with van der Waals surface area (Å²) in [7, 11) is 0.867. The van der Waals surface area contributed by atoms with Crippen LogP contribution < -0.4 is 0 Å². The average Bonchev–Trinajstić information content (AvgIpc) is 2.24. The minimum absolute atomic E-state index is 0.221. The molecule has 0 radical (unpaired) electrons. The molecule has 14 heavy (non-hydrogen) atoms. The summed E-state index contributed by atoms with van der Waals surface area (Å²) in [5.74, 6) is -0.438. The number of esters is 1. The molecule has 0 unspecified atom stereocenters. The molecule has 4 nitrogen and oxygen atoms in total. The van der Waals surface area contributed by atoms with E-state index in [4.69, 9.17) is 13.6 Å². The molecule has 0 N–H and O–H groups in total. The molecule has 0 aromatic heterocycles. The Morgan fingerprint density at radius 3 is 2.36 bits per heavy atom. The number of carbonyl (C=O) groups excluding carboxylic acids is 1. The highest BCUT2D eigenvalue weighted by molar-refractivity contribution is 6.67. The lowest BCUT2D eigenvalue weighted by Crippen LogP contribution is -2.45. The van der Waals surface area contributed by atoms with Crippen LogP contribution in [0.1, 0.15) is 13.3 Å². The summed E-state index contributed by atoms with van der Waals surface area (Å²) in [5, 5.41) is 0. The Kier molecular flexibility index (Phi) is 6.43. The minimum atomic E-state index is -2.31. The Morgan fingerprint density at radius 1 is 1.43 bits per heavy atom. The van der Waals surface area contributed by atoms with E-state index in [1.807, 2.05) is 6.92 Å². The van der Waals surface area contributed by atoms with Crippen molar-refractivity contribution in [3.05, 3.63) is 12.7 Å². The van der Waals surface area contributed by atoms with Crippen molar-refractivity contribution < 1.29 is 18.4 Å². The van der Waals surface area contributed by atoms with E-state index in [1.54, 1.807) is 14.2 Å². The molecule has 0 aromatic carbocycles. The smallest absolute Gasteiger partial charge is 0.376 e. The average molecular weight is 218 g/mol. The van der Waals surface area contributed by atoms with Gasteiger partial charge >= 0.3 is 14.5 Å². The maximum absolute atomic E-state index is 10.9. The fraction of sp³-hybridized carbons (Fsp3) is 0.667. The van der Waals surface area contributed by atoms with E-state index < -0.39 is 14.5 Å². The molecule has 0 rings (SSSR count). The number of rotatable bonds is 7. The van der Waals surface area contributed by atoms with Gasteiger partial charge in [0.1, 0.15) is 6.23 Å². The molecule has 0 heterocycles. The summed E-state index contributed by atoms with van der Waals surface area (Å²) in [4.78, 5) is 10.9. The summed E-state index contributed by atoms with van der Waals surface area (Å²) in [6.45, 7) is 5.35. The van der Waals surface area contributed by atoms with Gasteiger partial charge in [-0.25, -0.2) is 4.79 Å². The number of hydrogen-bond acceptors (Lipinski definition) is 4. The minimum Gasteiger partial charge on any atom is -0.461 e. The van der Waals surface area contributed by atoms with Gasteiger partial charge < -0.3 is 13.6 Å². The SMILES string of the molecule is C=CC(=O)OC[Si](CCC)(OC)OC. The zero-order valence-electron chi connectivity index (χ0n) is 9.04. The molecule has 0 aromatic rings. The van der Waals surface area contributed by atoms with E-state index in [0.29, 0.717) is 0 Å². The quantitative estimate of drug-likeness (QED) is 0.368. The van der Waals surface area contributed by atoms with Crippen LogP contribution in [0.2, 0.25) is 6.04 Å². The predicted octanol–water partition coefficient (Wildman–Crippen LogP) is 1.40. The summed E-state index contributed by atoms with van der Waals surface area (Å²) in [5.41, 5.74) is 0. The molecule has 0 amide bonds. The molecule has 0 aliphatic heterocycles. The lowest BCUT2D eigenvalue weighted by Gasteiger charge is -2.25. The van der Waals surface area contributed by atoms with E-state index in [1.165, 1.54) is 0 Å². The zero-order chi connectivity index (χ0) is 11.0. The molecule has 0 aliphatic rings. The van der Waals surface area contributed by atoms with E-state index in [9.17, 15) is 4.79 Å². The van der Waals surface area contributed by atoms with Crippen LogP contribution in [0.15, 0.2) is 12.7 Å². The molecule has 82 valence electrons. The first-order valence-corrected chi connectivity index (χ1v) is 6.76. The van der Waals surface area contributed by atoms with Crippen LogP contribution in [0.4, 0.5) is 0 Å². The number of carbonyl (C=O) groups is 1. The highest BCUT2D eigenvalue weighted by atomic mass is 28.4. The van der Waals surface area contributed by atoms with Crippen LogP contribution in [0, 0.1) is 0 Å². The van der Waals surface area contributed by atoms with Crippen LogP contribution in [-0.4, -0.2) is 35.0 Å². The van der Waals surface area contributed by atoms with Gasteiger partial charge in [0.15, 0.2) is 0 Å². The molecule has 0 fully saturated rings. The van der Waals surface area contributed by atoms with E-state index in [0.717, 1.165) is 18.5 Å². The molecule has 0 saturated carbocycles. The molecular formula is C9H18O4Si. The first kappa shape index (κ1) is 13.3. The Balaban J connectivity index is 4.19. The van der Waals surface area contributed by atoms with Crippen molar-refractivity contribution in [2.24, 2.45) is 0 Å². The molecule has 0 aliphatic carbocycles. The van der Waals surface area contributed by atoms with Gasteiger partial charge in [-0.05, 0) is 6.04 Å². The van der Waals surface area contributed by atoms with Crippen molar-refractivity contribution >= 4 is 14.5 Å². The van der Waals surface area contributed by atoms with Gasteiger partial charge in [-0.3, -0.25) is 0 Å². The van der Waals surface area contributed by atoms with Crippen LogP contribution in [0.5, 0.6) is 0 Å². The van der Waals surface area contributed by atoms with Crippen LogP contribution >= 0.6 is 0 Å². The van der Waals surface area contributed by atoms with Crippen LogP contribution in [-0.2, 0) is 18.4 Å². The number of ether oxygens (including phenoxy) is 1. The molecule has 0 bridgehead atoms. The molecule has 0 spiro atoms. The Bertz CT molecular complexity index is 189. The van der Waals surface area contributed by atoms with Crippen molar-refractivity contribution in [3.63, 3.8) is 0 Å². The summed E-state index contributed by atoms with van der Waals surface area (Å²) in [6.07, 6.45) is 2.30. The molecule has 5 heteroatoms. The van der Waals surface area contributed by atoms with Gasteiger partial charge in [-0.15, -0.1) is 0 Å². The van der Waals surface area contributed by atoms with Gasteiger partial charge in [0, 0.05) is 20.3 Å². The molecular weight excluding hydrogens is 200 g/mol. The monoisotopic (exact) mass is 218 g/mol. The Labute approximate surface area is 86.1 Å². The van der Waals surface area contributed by atoms with Crippen LogP contribution in [0.3, 0.4) is 0 Å². The third-order valence-electron chi connectivity index (χ3n) is 1.98. The summed E-state index contributed by atoms with van der Waals surface area (Å²) >= 11 is 0. The Morgan fingerprint density at radius 2 is 2.00 bits per heavy atom. The highest BCUT2D eigenvalue weighted by Gasteiger charge is 2.36. The van der Waals surface area contributed by atoms with Gasteiger partial charge in [-0.1, -0.05) is 19.9 Å². The normalized spacial score (nSPS) is 11.1. The predicted molar refractivity (Wildman–Crippen MR) is 56.0 cm³/mol. The van der Waals surface area contributed by atoms with Gasteiger partial charge in [0.2, 0.25) is 0 Å². The van der Waals surface area contributed by atoms with Gasteiger partial charge in [0.05, 0.1) is 0 Å². The standard InChI is InChI=1S/C9H18O4Si/c1-5-7-14(11-3,12-4)8-13-9(10)6-2/h6H,2,5,7-8H2,1,3-4H3. The zero-order valence-corrected chi connectivity index (χ0v) is 10.0. The highest BCUT2D eigenvalue weighted by Crippen LogP contribution is 2.14. The largest absolute Gasteiger partial charge is 0.461 e. The van der Waals surface area contributed by atoms with Crippen molar-refractivity contribution in [2.75, 3.05) is 20.4 Å². The fourth-order valence-corrected chi connectivity index (χ4v) is 3.18. The maximum Gasteiger partial charge on any atom is 0.376 e. The summed E-state index contributed by atoms with van der Waals surface area (Å²) in [6, 6.07) is 0.810. The fourth-order valence-electron chi connectivity index (χ4n) is 1.10. The Hall–Kier alpha value is -0.653. The molecule has 0 saturated heterocycles. The lowest BCUT2D eigenvalue weighted by molar-refractivity contribution is -0.136. The second-order valence-corrected chi connectivity index (χ2v) is 6.31. The van der Waals surface area contributed by atoms with Crippen molar-refractivity contribution in [1.82, 2.24) is 0 Å². The third-order valence-corrected chi connectivity index (χ3v) is 5.31. The second kappa shape index (κ2) is 6.75. The van der Waals surface area contributed by atoms with Crippen molar-refractivity contribution in [1.29, 1.82) is 0 Å². The van der Waals surface area contributed by atoms with Gasteiger partial charge in [-0.2, -0.15) is 0 Å². The van der Waals surface area contributed by atoms with Gasteiger partial charge in [0.25, 0.3) is 0 Å². The first-order chi connectivity index (χ1) is 6.64. The molecule has 0 atom stereocenters. The van der Waals surface area contributed by atoms with E-state index in [2.05, 4.69) is 6.58 Å².